The van der Waals surface area contributed by atoms with E-state index in [9.17, 15) is 9.90 Å². The first-order chi connectivity index (χ1) is 8.61. The van der Waals surface area contributed by atoms with Crippen LogP contribution in [0.1, 0.15) is 30.6 Å². The van der Waals surface area contributed by atoms with Crippen molar-refractivity contribution in [1.82, 2.24) is 0 Å². The molecule has 1 rings (SSSR count). The number of hydrogen-bond acceptors (Lipinski definition) is 3. The van der Waals surface area contributed by atoms with Crippen molar-refractivity contribution >= 4 is 5.97 Å². The number of hydrogen-bond donors (Lipinski definition) is 1. The molecule has 0 unspecified atom stereocenters. The van der Waals surface area contributed by atoms with Gasteiger partial charge in [-0.3, -0.25) is 0 Å². The summed E-state index contributed by atoms with van der Waals surface area (Å²) in [4.78, 5) is 11.5. The second-order valence-electron chi connectivity index (χ2n) is 4.26. The molecule has 0 spiro atoms. The minimum Gasteiger partial charge on any atom is -0.461 e. The fraction of sp³-hybridized carbons (Fsp3) is 0.400. The summed E-state index contributed by atoms with van der Waals surface area (Å²) < 4.78 is 5.05. The second kappa shape index (κ2) is 7.52. The third-order valence-electron chi connectivity index (χ3n) is 2.35. The summed E-state index contributed by atoms with van der Waals surface area (Å²) in [5.41, 5.74) is 0.535. The van der Waals surface area contributed by atoms with Crippen LogP contribution in [0, 0.1) is 17.8 Å². The maximum Gasteiger partial charge on any atom is 0.338 e. The molecule has 0 aliphatic rings. The Balaban J connectivity index is 2.29. The van der Waals surface area contributed by atoms with Crippen molar-refractivity contribution in [2.24, 2.45) is 5.92 Å². The predicted molar refractivity (Wildman–Crippen MR) is 70.0 cm³/mol. The van der Waals surface area contributed by atoms with Crippen LogP contribution in [-0.4, -0.2) is 23.8 Å². The van der Waals surface area contributed by atoms with Crippen LogP contribution in [0.4, 0.5) is 0 Å². The Morgan fingerprint density at radius 1 is 1.33 bits per heavy atom. The molecule has 0 aliphatic heterocycles. The lowest BCUT2D eigenvalue weighted by molar-refractivity contribution is 0.0513. The lowest BCUT2D eigenvalue weighted by Crippen LogP contribution is -2.11. The molecule has 1 aromatic carbocycles. The Labute approximate surface area is 108 Å². The topological polar surface area (TPSA) is 46.5 Å². The van der Waals surface area contributed by atoms with Crippen molar-refractivity contribution in [2.45, 2.75) is 26.4 Å². The number of aliphatic hydroxyl groups is 1. The van der Waals surface area contributed by atoms with Crippen molar-refractivity contribution < 1.29 is 14.6 Å². The highest BCUT2D eigenvalue weighted by Gasteiger charge is 2.05. The van der Waals surface area contributed by atoms with Gasteiger partial charge in [0.15, 0.2) is 0 Å². The summed E-state index contributed by atoms with van der Waals surface area (Å²) in [6.07, 6.45) is -0.183. The van der Waals surface area contributed by atoms with Crippen molar-refractivity contribution in [3.63, 3.8) is 0 Å². The van der Waals surface area contributed by atoms with Gasteiger partial charge < -0.3 is 9.84 Å². The first-order valence-corrected chi connectivity index (χ1v) is 6.00. The minimum atomic E-state index is -0.616. The van der Waals surface area contributed by atoms with E-state index in [0.29, 0.717) is 12.0 Å². The molecule has 0 saturated heterocycles. The van der Waals surface area contributed by atoms with E-state index in [1.807, 2.05) is 19.9 Å². The van der Waals surface area contributed by atoms with Crippen LogP contribution in [0.3, 0.4) is 0 Å². The Morgan fingerprint density at radius 3 is 2.61 bits per heavy atom. The van der Waals surface area contributed by atoms with Gasteiger partial charge in [0, 0.05) is 6.42 Å². The molecule has 1 aromatic rings. The zero-order valence-electron chi connectivity index (χ0n) is 10.7. The molecule has 0 saturated carbocycles. The van der Waals surface area contributed by atoms with Crippen LogP contribution >= 0.6 is 0 Å². The molecule has 3 heteroatoms. The van der Waals surface area contributed by atoms with E-state index in [-0.39, 0.29) is 18.5 Å². The quantitative estimate of drug-likeness (QED) is 0.503. The third-order valence-corrected chi connectivity index (χ3v) is 2.35. The molecule has 0 aliphatic carbocycles. The number of carbonyl (C=O) groups is 1. The average Bonchev–Trinajstić information content (AvgIpc) is 2.38. The number of esters is 1. The average molecular weight is 246 g/mol. The zero-order valence-corrected chi connectivity index (χ0v) is 10.7. The predicted octanol–water partition coefficient (Wildman–Crippen LogP) is 2.25. The van der Waals surface area contributed by atoms with Crippen LogP contribution in [0.2, 0.25) is 0 Å². The lowest BCUT2D eigenvalue weighted by atomic mass is 10.1. The molecule has 0 amide bonds. The summed E-state index contributed by atoms with van der Waals surface area (Å²) in [7, 11) is 0. The first kappa shape index (κ1) is 14.3. The van der Waals surface area contributed by atoms with Crippen LogP contribution in [0.5, 0.6) is 0 Å². The molecule has 1 atom stereocenters. The molecular formula is C15H18O3. The summed E-state index contributed by atoms with van der Waals surface area (Å²) in [5, 5.41) is 9.43. The van der Waals surface area contributed by atoms with Gasteiger partial charge in [0.25, 0.3) is 0 Å². The van der Waals surface area contributed by atoms with E-state index < -0.39 is 6.10 Å². The van der Waals surface area contributed by atoms with Gasteiger partial charge in [0.1, 0.15) is 12.7 Å². The molecular weight excluding hydrogens is 228 g/mol. The van der Waals surface area contributed by atoms with Gasteiger partial charge in [-0.2, -0.15) is 0 Å². The minimum absolute atomic E-state index is 0.115. The lowest BCUT2D eigenvalue weighted by Gasteiger charge is -2.05. The zero-order chi connectivity index (χ0) is 13.4. The molecule has 0 heterocycles. The summed E-state index contributed by atoms with van der Waals surface area (Å²) in [6.45, 7) is 4.04. The fourth-order valence-corrected chi connectivity index (χ4v) is 1.20. The monoisotopic (exact) mass is 246 g/mol. The highest BCUT2D eigenvalue weighted by molar-refractivity contribution is 5.89. The number of carbonyl (C=O) groups excluding carboxylic acids is 1. The van der Waals surface area contributed by atoms with Crippen LogP contribution in [-0.2, 0) is 4.74 Å². The van der Waals surface area contributed by atoms with Crippen molar-refractivity contribution in [1.29, 1.82) is 0 Å². The first-order valence-electron chi connectivity index (χ1n) is 6.00. The summed E-state index contributed by atoms with van der Waals surface area (Å²) >= 11 is 0. The van der Waals surface area contributed by atoms with Gasteiger partial charge in [-0.25, -0.2) is 4.79 Å². The molecule has 0 radical (unpaired) electrons. The number of rotatable bonds is 4. The second-order valence-corrected chi connectivity index (χ2v) is 4.26. The standard InChI is InChI=1S/C15H18O3/c1-12(2)14(16)10-6-7-11-18-15(17)13-8-4-3-5-9-13/h3-5,8-9,12,14,16H,7,11H2,1-2H3/t14-/m0/s1. The molecule has 3 nitrogen and oxygen atoms in total. The Hall–Kier alpha value is -1.79. The molecule has 1 N–H and O–H groups in total. The van der Waals surface area contributed by atoms with Gasteiger partial charge in [0.05, 0.1) is 5.56 Å². The summed E-state index contributed by atoms with van der Waals surface area (Å²) in [5.74, 6) is 5.28. The normalized spacial score (nSPS) is 11.6. The molecule has 96 valence electrons. The maximum absolute atomic E-state index is 11.5. The van der Waals surface area contributed by atoms with E-state index in [4.69, 9.17) is 4.74 Å². The van der Waals surface area contributed by atoms with Crippen molar-refractivity contribution in [3.05, 3.63) is 35.9 Å². The van der Waals surface area contributed by atoms with Gasteiger partial charge >= 0.3 is 5.97 Å². The highest BCUT2D eigenvalue weighted by Crippen LogP contribution is 2.01. The Bertz CT molecular complexity index is 426. The van der Waals surface area contributed by atoms with E-state index >= 15 is 0 Å². The highest BCUT2D eigenvalue weighted by atomic mass is 16.5. The van der Waals surface area contributed by atoms with E-state index in [2.05, 4.69) is 11.8 Å². The SMILES string of the molecule is CC(C)[C@@H](O)C#CCCOC(=O)c1ccccc1. The van der Waals surface area contributed by atoms with E-state index in [1.54, 1.807) is 24.3 Å². The molecule has 0 bridgehead atoms. The summed E-state index contributed by atoms with van der Waals surface area (Å²) in [6, 6.07) is 8.83. The Morgan fingerprint density at radius 2 is 2.00 bits per heavy atom. The van der Waals surface area contributed by atoms with Crippen LogP contribution in [0.15, 0.2) is 30.3 Å². The van der Waals surface area contributed by atoms with Gasteiger partial charge in [-0.1, -0.05) is 43.9 Å². The maximum atomic E-state index is 11.5. The number of ether oxygens (including phenoxy) is 1. The van der Waals surface area contributed by atoms with Crippen molar-refractivity contribution in [3.8, 4) is 11.8 Å². The number of benzene rings is 1. The van der Waals surface area contributed by atoms with Gasteiger partial charge in [-0.15, -0.1) is 0 Å². The molecule has 18 heavy (non-hydrogen) atoms. The van der Waals surface area contributed by atoms with Crippen LogP contribution < -0.4 is 0 Å². The Kier molecular flexibility index (Phi) is 5.96. The molecule has 0 aromatic heterocycles. The van der Waals surface area contributed by atoms with Crippen molar-refractivity contribution in [2.75, 3.05) is 6.61 Å². The van der Waals surface area contributed by atoms with Gasteiger partial charge in [-0.05, 0) is 18.1 Å². The molecule has 0 fully saturated rings. The smallest absolute Gasteiger partial charge is 0.338 e. The van der Waals surface area contributed by atoms with E-state index in [0.717, 1.165) is 0 Å². The van der Waals surface area contributed by atoms with E-state index in [1.165, 1.54) is 0 Å². The number of aliphatic hydroxyl groups excluding tert-OH is 1. The van der Waals surface area contributed by atoms with Crippen LogP contribution in [0.25, 0.3) is 0 Å². The largest absolute Gasteiger partial charge is 0.461 e. The van der Waals surface area contributed by atoms with Gasteiger partial charge in [0.2, 0.25) is 0 Å². The fourth-order valence-electron chi connectivity index (χ4n) is 1.20. The third kappa shape index (κ3) is 5.03.